The summed E-state index contributed by atoms with van der Waals surface area (Å²) in [7, 11) is 6.95. The number of aryl methyl sites for hydroxylation is 2. The quantitative estimate of drug-likeness (QED) is 0.0881. The van der Waals surface area contributed by atoms with Crippen molar-refractivity contribution < 1.29 is 25.3 Å². The van der Waals surface area contributed by atoms with Crippen LogP contribution in [0.25, 0.3) is 44.3 Å². The summed E-state index contributed by atoms with van der Waals surface area (Å²) in [6, 6.07) is 17.8. The highest BCUT2D eigenvalue weighted by atomic mass is 16.6. The van der Waals surface area contributed by atoms with Gasteiger partial charge in [0.05, 0.1) is 29.2 Å². The molecule has 0 saturated carbocycles. The highest BCUT2D eigenvalue weighted by Crippen LogP contribution is 2.31. The van der Waals surface area contributed by atoms with Crippen molar-refractivity contribution in [1.29, 1.82) is 0 Å². The molecule has 6 aromatic rings. The number of aromatic nitrogens is 6. The van der Waals surface area contributed by atoms with E-state index in [1.54, 1.807) is 50.5 Å². The summed E-state index contributed by atoms with van der Waals surface area (Å²) in [5.74, 6) is 1.06. The zero-order chi connectivity index (χ0) is 32.6. The van der Waals surface area contributed by atoms with Crippen molar-refractivity contribution in [3.8, 4) is 34.3 Å². The second-order valence-electron chi connectivity index (χ2n) is 10.1. The molecule has 4 heterocycles. The maximum Gasteiger partial charge on any atom is 0.270 e. The van der Waals surface area contributed by atoms with Crippen molar-refractivity contribution in [2.45, 2.75) is 0 Å². The average molecular weight is 629 g/mol. The first-order valence-electron chi connectivity index (χ1n) is 14.3. The summed E-state index contributed by atoms with van der Waals surface area (Å²) in [6.45, 7) is 1.92. The van der Waals surface area contributed by atoms with E-state index < -0.39 is 4.92 Å². The summed E-state index contributed by atoms with van der Waals surface area (Å²) in [6.07, 6.45) is 3.40. The minimum absolute atomic E-state index is 0. The van der Waals surface area contributed by atoms with Gasteiger partial charge in [-0.15, -0.1) is 0 Å². The topological polar surface area (TPSA) is 168 Å². The van der Waals surface area contributed by atoms with E-state index in [0.29, 0.717) is 55.0 Å². The van der Waals surface area contributed by atoms with E-state index in [4.69, 9.17) is 24.7 Å². The number of methoxy groups -OCH3 is 2. The number of benzene rings is 2. The van der Waals surface area contributed by atoms with Gasteiger partial charge in [-0.1, -0.05) is 0 Å². The van der Waals surface area contributed by atoms with E-state index >= 15 is 0 Å². The van der Waals surface area contributed by atoms with E-state index in [1.165, 1.54) is 12.1 Å². The molecule has 46 heavy (non-hydrogen) atoms. The Balaban J connectivity index is 0.000000209. The molecule has 2 aromatic carbocycles. The van der Waals surface area contributed by atoms with Crippen molar-refractivity contribution in [3.63, 3.8) is 0 Å². The van der Waals surface area contributed by atoms with Gasteiger partial charge in [0.2, 0.25) is 11.8 Å². The van der Waals surface area contributed by atoms with Crippen LogP contribution in [0.3, 0.4) is 0 Å². The first-order valence-corrected chi connectivity index (χ1v) is 14.3. The lowest BCUT2D eigenvalue weighted by Crippen LogP contribution is -2.05. The molecule has 14 heteroatoms. The normalized spacial score (nSPS) is 11.0. The fourth-order valence-corrected chi connectivity index (χ4v) is 4.75. The van der Waals surface area contributed by atoms with Gasteiger partial charge < -0.3 is 24.7 Å². The predicted molar refractivity (Wildman–Crippen MR) is 176 cm³/mol. The average Bonchev–Trinajstić information content (AvgIpc) is 3.57. The van der Waals surface area contributed by atoms with Crippen LogP contribution >= 0.6 is 0 Å². The molecular formula is C32H36N8O6. The molecule has 0 aliphatic rings. The Morgan fingerprint density at radius 3 is 1.70 bits per heavy atom. The summed E-state index contributed by atoms with van der Waals surface area (Å²) in [5, 5.41) is 21.8. The minimum atomic E-state index is -0.415. The van der Waals surface area contributed by atoms with Crippen LogP contribution in [0.1, 0.15) is 1.43 Å². The second kappa shape index (κ2) is 14.5. The molecule has 0 saturated heterocycles. The molecular weight excluding hydrogens is 592 g/mol. The zero-order valence-corrected chi connectivity index (χ0v) is 25.9. The van der Waals surface area contributed by atoms with Crippen LogP contribution in [-0.4, -0.2) is 75.1 Å². The van der Waals surface area contributed by atoms with Crippen molar-refractivity contribution >= 4 is 33.2 Å². The van der Waals surface area contributed by atoms with Gasteiger partial charge in [0.25, 0.3) is 5.69 Å². The van der Waals surface area contributed by atoms with Crippen molar-refractivity contribution in [1.82, 2.24) is 29.5 Å². The number of hydrogen-bond donors (Lipinski definition) is 1. The lowest BCUT2D eigenvalue weighted by Gasteiger charge is -2.05. The molecule has 240 valence electrons. The largest absolute Gasteiger partial charge is 0.475 e. The van der Waals surface area contributed by atoms with Crippen LogP contribution in [0.4, 0.5) is 11.4 Å². The van der Waals surface area contributed by atoms with E-state index in [9.17, 15) is 10.1 Å². The third-order valence-corrected chi connectivity index (χ3v) is 7.01. The number of nitrogens with zero attached hydrogens (tertiary/aromatic N) is 7. The van der Waals surface area contributed by atoms with Gasteiger partial charge in [-0.3, -0.25) is 19.5 Å². The Morgan fingerprint density at radius 2 is 1.24 bits per heavy atom. The molecule has 0 aliphatic carbocycles. The zero-order valence-electron chi connectivity index (χ0n) is 25.9. The molecule has 0 atom stereocenters. The third-order valence-electron chi connectivity index (χ3n) is 7.01. The number of nitrogens with two attached hydrogens (primary N) is 1. The number of nitrogen functional groups attached to an aromatic ring is 1. The van der Waals surface area contributed by atoms with Gasteiger partial charge in [-0.25, -0.2) is 9.97 Å². The number of nitro benzene ring substituents is 1. The number of pyridine rings is 2. The first-order chi connectivity index (χ1) is 22.3. The molecule has 4 aromatic heterocycles. The van der Waals surface area contributed by atoms with Gasteiger partial charge in [-0.05, 0) is 36.4 Å². The molecule has 6 rings (SSSR count). The molecule has 0 radical (unpaired) electrons. The number of anilines is 1. The number of ether oxygens (including phenoxy) is 4. The Bertz CT molecular complexity index is 1940. The number of rotatable bonds is 11. The maximum atomic E-state index is 11.0. The molecule has 14 nitrogen and oxygen atoms in total. The third kappa shape index (κ3) is 7.20. The maximum absolute atomic E-state index is 11.0. The monoisotopic (exact) mass is 628 g/mol. The molecule has 2 N–H and O–H groups in total. The lowest BCUT2D eigenvalue weighted by molar-refractivity contribution is -0.384. The SMILES string of the molecule is COCCOc1ccc(-c2nn(C)c3ccc(N)cc23)cn1.COCCOc1ccc(-c2nn(C)c3ccc([N+](=O)[O-])cc23)cn1.[HH]. The minimum Gasteiger partial charge on any atom is -0.475 e. The molecule has 0 spiro atoms. The van der Waals surface area contributed by atoms with Gasteiger partial charge >= 0.3 is 0 Å². The van der Waals surface area contributed by atoms with Crippen molar-refractivity contribution in [2.24, 2.45) is 14.1 Å². The number of hydrogen-bond acceptors (Lipinski definition) is 11. The molecule has 0 amide bonds. The summed E-state index contributed by atoms with van der Waals surface area (Å²) < 4.78 is 24.3. The van der Waals surface area contributed by atoms with Gasteiger partial charge in [0, 0.05) is 94.0 Å². The second-order valence-corrected chi connectivity index (χ2v) is 10.1. The van der Waals surface area contributed by atoms with Crippen molar-refractivity contribution in [3.05, 3.63) is 83.2 Å². The number of nitro groups is 1. The Labute approximate surface area is 265 Å². The van der Waals surface area contributed by atoms with E-state index in [0.717, 1.165) is 33.2 Å². The molecule has 0 aliphatic heterocycles. The van der Waals surface area contributed by atoms with Crippen LogP contribution in [0.5, 0.6) is 11.8 Å². The number of non-ortho nitro benzene ring substituents is 1. The van der Waals surface area contributed by atoms with Crippen LogP contribution in [0.15, 0.2) is 73.1 Å². The van der Waals surface area contributed by atoms with Crippen LogP contribution in [0.2, 0.25) is 0 Å². The van der Waals surface area contributed by atoms with Gasteiger partial charge in [0.15, 0.2) is 0 Å². The molecule has 0 bridgehead atoms. The van der Waals surface area contributed by atoms with Gasteiger partial charge in [-0.2, -0.15) is 10.2 Å². The summed E-state index contributed by atoms with van der Waals surface area (Å²) in [5.41, 5.74) is 11.7. The molecule has 0 fully saturated rings. The van der Waals surface area contributed by atoms with E-state index in [2.05, 4.69) is 20.2 Å². The number of fused-ring (bicyclic) bond motifs is 2. The van der Waals surface area contributed by atoms with Gasteiger partial charge in [0.1, 0.15) is 24.6 Å². The Hall–Kier alpha value is -5.60. The van der Waals surface area contributed by atoms with E-state index in [1.807, 2.05) is 48.1 Å². The fraction of sp³-hybridized carbons (Fsp3) is 0.250. The smallest absolute Gasteiger partial charge is 0.270 e. The highest BCUT2D eigenvalue weighted by Gasteiger charge is 2.16. The molecule has 0 unspecified atom stereocenters. The van der Waals surface area contributed by atoms with Crippen molar-refractivity contribution in [2.75, 3.05) is 46.4 Å². The summed E-state index contributed by atoms with van der Waals surface area (Å²) in [4.78, 5) is 19.1. The predicted octanol–water partition coefficient (Wildman–Crippen LogP) is 5.06. The standard InChI is InChI=1S/C16H16N4O4.C16H18N4O2.H2/c1-19-14-5-4-12(20(21)22)9-13(14)16(18-19)11-3-6-15(17-10-11)24-8-7-23-2;1-20-14-5-4-12(17)9-13(14)16(19-20)11-3-6-15(18-10-11)22-8-7-21-2;/h3-6,9-10H,7-8H2,1-2H3;3-6,9-10H,7-8,17H2,1-2H3;1H. The van der Waals surface area contributed by atoms with Crippen LogP contribution in [0, 0.1) is 10.1 Å². The van der Waals surface area contributed by atoms with E-state index in [-0.39, 0.29) is 7.11 Å². The highest BCUT2D eigenvalue weighted by molar-refractivity contribution is 5.95. The lowest BCUT2D eigenvalue weighted by atomic mass is 10.1. The first kappa shape index (κ1) is 31.8. The van der Waals surface area contributed by atoms with Crippen LogP contribution < -0.4 is 15.2 Å². The Morgan fingerprint density at radius 1 is 0.739 bits per heavy atom. The van der Waals surface area contributed by atoms with Crippen LogP contribution in [-0.2, 0) is 23.6 Å². The summed E-state index contributed by atoms with van der Waals surface area (Å²) >= 11 is 0. The Kier molecular flexibility index (Phi) is 10.00. The fourth-order valence-electron chi connectivity index (χ4n) is 4.75.